The molecule has 1 N–H and O–H groups in total. The van der Waals surface area contributed by atoms with Crippen LogP contribution in [0.2, 0.25) is 0 Å². The predicted octanol–water partition coefficient (Wildman–Crippen LogP) is 1.46. The molecule has 4 rings (SSSR count). The Kier molecular flexibility index (Phi) is 6.28. The third-order valence-electron chi connectivity index (χ3n) is 4.87. The van der Waals surface area contributed by atoms with Gasteiger partial charge in [-0.3, -0.25) is 14.2 Å². The average molecular weight is 455 g/mol. The lowest BCUT2D eigenvalue weighted by Gasteiger charge is -2.12. The molecule has 3 heterocycles. The van der Waals surface area contributed by atoms with Crippen molar-refractivity contribution in [3.05, 3.63) is 74.1 Å². The molecule has 4 aromatic rings. The van der Waals surface area contributed by atoms with E-state index < -0.39 is 23.7 Å². The third-order valence-corrected chi connectivity index (χ3v) is 5.75. The zero-order valence-corrected chi connectivity index (χ0v) is 18.5. The number of thiazole rings is 1. The number of aryl methyl sites for hydroxylation is 1. The lowest BCUT2D eigenvalue weighted by atomic mass is 10.2. The minimum Gasteiger partial charge on any atom is -0.383 e. The molecule has 0 aliphatic heterocycles. The number of carbonyl (C=O) groups excluding carboxylic acids is 1. The number of methoxy groups -OCH3 is 1. The minimum absolute atomic E-state index is 0.213. The van der Waals surface area contributed by atoms with E-state index in [2.05, 4.69) is 15.3 Å². The Morgan fingerprint density at radius 1 is 1.19 bits per heavy atom. The van der Waals surface area contributed by atoms with Gasteiger partial charge >= 0.3 is 5.69 Å². The number of hydrogen-bond donors (Lipinski definition) is 1. The molecule has 0 saturated carbocycles. The van der Waals surface area contributed by atoms with Crippen molar-refractivity contribution in [2.24, 2.45) is 0 Å². The van der Waals surface area contributed by atoms with Crippen LogP contribution in [0.25, 0.3) is 11.2 Å². The lowest BCUT2D eigenvalue weighted by Crippen LogP contribution is -2.43. The van der Waals surface area contributed by atoms with Crippen molar-refractivity contribution in [1.82, 2.24) is 23.7 Å². The maximum atomic E-state index is 13.3. The molecule has 11 heteroatoms. The predicted molar refractivity (Wildman–Crippen MR) is 121 cm³/mol. The van der Waals surface area contributed by atoms with Gasteiger partial charge in [-0.05, 0) is 12.5 Å². The number of fused-ring (bicyclic) bond motifs is 1. The zero-order valence-electron chi connectivity index (χ0n) is 17.6. The Bertz CT molecular complexity index is 1370. The number of imidazole rings is 1. The van der Waals surface area contributed by atoms with Gasteiger partial charge in [0.15, 0.2) is 16.3 Å². The minimum atomic E-state index is -0.603. The monoisotopic (exact) mass is 454 g/mol. The molecule has 3 aromatic heterocycles. The zero-order chi connectivity index (χ0) is 22.7. The lowest BCUT2D eigenvalue weighted by molar-refractivity contribution is -0.116. The fraction of sp³-hybridized carbons (Fsp3) is 0.286. The first kappa shape index (κ1) is 21.7. The Balaban J connectivity index is 1.79. The van der Waals surface area contributed by atoms with Gasteiger partial charge < -0.3 is 14.6 Å². The number of benzene rings is 1. The summed E-state index contributed by atoms with van der Waals surface area (Å²) in [6.45, 7) is 2.35. The van der Waals surface area contributed by atoms with E-state index in [4.69, 9.17) is 4.74 Å². The molecule has 10 nitrogen and oxygen atoms in total. The molecule has 0 radical (unpaired) electrons. The summed E-state index contributed by atoms with van der Waals surface area (Å²) in [5.41, 5.74) is 0.983. The van der Waals surface area contributed by atoms with Crippen LogP contribution in [0.4, 0.5) is 5.13 Å². The molecule has 1 aromatic carbocycles. The first-order valence-corrected chi connectivity index (χ1v) is 10.8. The average Bonchev–Trinajstić information content (AvgIpc) is 3.39. The molecule has 0 spiro atoms. The highest BCUT2D eigenvalue weighted by atomic mass is 32.1. The first-order valence-electron chi connectivity index (χ1n) is 9.91. The van der Waals surface area contributed by atoms with Crippen LogP contribution >= 0.6 is 11.3 Å². The van der Waals surface area contributed by atoms with E-state index in [0.717, 1.165) is 15.8 Å². The molecular weight excluding hydrogens is 432 g/mol. The molecular formula is C21H22N6O4S. The van der Waals surface area contributed by atoms with Crippen LogP contribution in [0, 0.1) is 6.92 Å². The molecule has 0 saturated heterocycles. The number of ether oxygens (including phenoxy) is 1. The van der Waals surface area contributed by atoms with E-state index in [1.165, 1.54) is 22.2 Å². The maximum absolute atomic E-state index is 13.3. The van der Waals surface area contributed by atoms with Crippen molar-refractivity contribution in [3.63, 3.8) is 0 Å². The van der Waals surface area contributed by atoms with Gasteiger partial charge in [-0.2, -0.15) is 0 Å². The summed E-state index contributed by atoms with van der Waals surface area (Å²) in [4.78, 5) is 47.6. The highest BCUT2D eigenvalue weighted by Gasteiger charge is 2.20. The summed E-state index contributed by atoms with van der Waals surface area (Å²) in [6.07, 6.45) is 1.51. The van der Waals surface area contributed by atoms with Gasteiger partial charge in [0, 0.05) is 19.0 Å². The number of hydrogen-bond acceptors (Lipinski definition) is 7. The Hall–Kier alpha value is -3.57. The Morgan fingerprint density at radius 3 is 2.66 bits per heavy atom. The van der Waals surface area contributed by atoms with E-state index in [0.29, 0.717) is 18.3 Å². The van der Waals surface area contributed by atoms with Gasteiger partial charge in [-0.25, -0.2) is 19.3 Å². The van der Waals surface area contributed by atoms with Gasteiger partial charge in [-0.1, -0.05) is 30.3 Å². The second-order valence-electron chi connectivity index (χ2n) is 7.19. The highest BCUT2D eigenvalue weighted by Crippen LogP contribution is 2.14. The van der Waals surface area contributed by atoms with Crippen LogP contribution in [-0.4, -0.2) is 43.3 Å². The molecule has 0 unspecified atom stereocenters. The second kappa shape index (κ2) is 9.28. The summed E-state index contributed by atoms with van der Waals surface area (Å²) in [5, 5.41) is 4.86. The van der Waals surface area contributed by atoms with E-state index >= 15 is 0 Å². The fourth-order valence-electron chi connectivity index (χ4n) is 3.36. The van der Waals surface area contributed by atoms with Crippen molar-refractivity contribution < 1.29 is 9.53 Å². The Morgan fingerprint density at radius 2 is 1.97 bits per heavy atom. The quantitative estimate of drug-likeness (QED) is 0.431. The fourth-order valence-corrected chi connectivity index (χ4v) is 4.06. The van der Waals surface area contributed by atoms with Gasteiger partial charge in [0.1, 0.15) is 6.54 Å². The Labute approximate surface area is 186 Å². The number of nitrogens with zero attached hydrogens (tertiary/aromatic N) is 5. The molecule has 0 aliphatic rings. The summed E-state index contributed by atoms with van der Waals surface area (Å²) in [7, 11) is 1.56. The largest absolute Gasteiger partial charge is 0.383 e. The van der Waals surface area contributed by atoms with E-state index in [1.807, 2.05) is 37.3 Å². The van der Waals surface area contributed by atoms with Crippen LogP contribution in [-0.2, 0) is 29.2 Å². The SMILES string of the molecule is COCCn1cnc2c1c(=O)n(CC(=O)Nc1nc(C)cs1)c(=O)n2Cc1ccccc1. The summed E-state index contributed by atoms with van der Waals surface area (Å²) >= 11 is 1.28. The number of carbonyl (C=O) groups is 1. The van der Waals surface area contributed by atoms with Gasteiger partial charge in [0.2, 0.25) is 5.91 Å². The molecule has 0 fully saturated rings. The highest BCUT2D eigenvalue weighted by molar-refractivity contribution is 7.13. The standard InChI is InChI=1S/C21H22N6O4S/c1-14-12-32-20(23-14)24-16(28)11-27-19(29)17-18(22-13-25(17)8-9-31-2)26(21(27)30)10-15-6-4-3-5-7-15/h3-7,12-13H,8-11H2,1-2H3,(H,23,24,28). The van der Waals surface area contributed by atoms with Crippen molar-refractivity contribution in [2.45, 2.75) is 26.6 Å². The van der Waals surface area contributed by atoms with E-state index in [9.17, 15) is 14.4 Å². The number of aromatic nitrogens is 5. The number of anilines is 1. The summed E-state index contributed by atoms with van der Waals surface area (Å²) < 4.78 is 9.11. The van der Waals surface area contributed by atoms with E-state index in [1.54, 1.807) is 17.1 Å². The van der Waals surface area contributed by atoms with Crippen molar-refractivity contribution in [3.8, 4) is 0 Å². The van der Waals surface area contributed by atoms with Crippen LogP contribution in [0.15, 0.2) is 51.6 Å². The van der Waals surface area contributed by atoms with Crippen molar-refractivity contribution in [1.29, 1.82) is 0 Å². The molecule has 1 amide bonds. The maximum Gasteiger partial charge on any atom is 0.333 e. The normalized spacial score (nSPS) is 11.2. The number of nitrogens with one attached hydrogen (secondary N) is 1. The van der Waals surface area contributed by atoms with Crippen molar-refractivity contribution in [2.75, 3.05) is 19.0 Å². The smallest absolute Gasteiger partial charge is 0.333 e. The van der Waals surface area contributed by atoms with Crippen molar-refractivity contribution >= 4 is 33.5 Å². The topological polar surface area (TPSA) is 113 Å². The van der Waals surface area contributed by atoms with Gasteiger partial charge in [0.05, 0.1) is 25.2 Å². The summed E-state index contributed by atoms with van der Waals surface area (Å²) in [6, 6.07) is 9.38. The molecule has 0 bridgehead atoms. The first-order chi connectivity index (χ1) is 15.5. The van der Waals surface area contributed by atoms with Crippen LogP contribution in [0.5, 0.6) is 0 Å². The van der Waals surface area contributed by atoms with Gasteiger partial charge in [0.25, 0.3) is 5.56 Å². The number of rotatable bonds is 8. The third kappa shape index (κ3) is 4.39. The van der Waals surface area contributed by atoms with E-state index in [-0.39, 0.29) is 17.7 Å². The number of amides is 1. The van der Waals surface area contributed by atoms with Gasteiger partial charge in [-0.15, -0.1) is 11.3 Å². The second-order valence-corrected chi connectivity index (χ2v) is 8.05. The van der Waals surface area contributed by atoms with Crippen LogP contribution in [0.3, 0.4) is 0 Å². The molecule has 0 atom stereocenters. The molecule has 166 valence electrons. The molecule has 32 heavy (non-hydrogen) atoms. The summed E-state index contributed by atoms with van der Waals surface area (Å²) in [5.74, 6) is -0.507. The van der Waals surface area contributed by atoms with Crippen LogP contribution in [0.1, 0.15) is 11.3 Å². The molecule has 0 aliphatic carbocycles. The van der Waals surface area contributed by atoms with Crippen LogP contribution < -0.4 is 16.6 Å².